The summed E-state index contributed by atoms with van der Waals surface area (Å²) in [4.78, 5) is 19.0. The van der Waals surface area contributed by atoms with Gasteiger partial charge < -0.3 is 25.4 Å². The largest absolute Gasteiger partial charge is 0.390 e. The van der Waals surface area contributed by atoms with Gasteiger partial charge in [0.05, 0.1) is 24.2 Å². The smallest absolute Gasteiger partial charge is 0.158 e. The molecule has 1 atom stereocenters. The van der Waals surface area contributed by atoms with Crippen molar-refractivity contribution >= 4 is 29.2 Å². The molecular weight excluding hydrogens is 443 g/mol. The number of hydrogen-bond donors (Lipinski definition) is 2. The van der Waals surface area contributed by atoms with Crippen LogP contribution in [0.1, 0.15) is 37.8 Å². The van der Waals surface area contributed by atoms with E-state index >= 15 is 0 Å². The number of rotatable bonds is 6. The summed E-state index contributed by atoms with van der Waals surface area (Å²) in [5, 5.41) is 10.6. The first-order chi connectivity index (χ1) is 16.1. The number of anilines is 3. The van der Waals surface area contributed by atoms with Crippen LogP contribution in [0.2, 0.25) is 0 Å². The van der Waals surface area contributed by atoms with Gasteiger partial charge in [-0.05, 0) is 49.7 Å². The summed E-state index contributed by atoms with van der Waals surface area (Å²) < 4.78 is 19.2. The molecule has 0 saturated carbocycles. The molecule has 5 rings (SSSR count). The monoisotopic (exact) mass is 474 g/mol. The van der Waals surface area contributed by atoms with Gasteiger partial charge in [-0.1, -0.05) is 11.8 Å². The van der Waals surface area contributed by atoms with Crippen LogP contribution in [0.15, 0.2) is 28.3 Å². The molecule has 0 amide bonds. The SMILES string of the molecule is Nc1nc(N2CCC3(CCOC3)CC2)c(CO)nc1Sc1cccnc1N1CCCC1CF. The van der Waals surface area contributed by atoms with Crippen LogP contribution in [0.25, 0.3) is 0 Å². The molecule has 0 bridgehead atoms. The molecule has 1 unspecified atom stereocenters. The highest BCUT2D eigenvalue weighted by atomic mass is 32.2. The van der Waals surface area contributed by atoms with E-state index < -0.39 is 6.67 Å². The van der Waals surface area contributed by atoms with Gasteiger partial charge in [0.15, 0.2) is 11.6 Å². The summed E-state index contributed by atoms with van der Waals surface area (Å²) >= 11 is 1.37. The Morgan fingerprint density at radius 1 is 1.21 bits per heavy atom. The van der Waals surface area contributed by atoms with Crippen LogP contribution >= 0.6 is 11.8 Å². The van der Waals surface area contributed by atoms with Gasteiger partial charge in [0.2, 0.25) is 0 Å². The van der Waals surface area contributed by atoms with Crippen molar-refractivity contribution in [3.63, 3.8) is 0 Å². The first-order valence-electron chi connectivity index (χ1n) is 11.7. The van der Waals surface area contributed by atoms with Crippen LogP contribution in [0.4, 0.5) is 21.8 Å². The molecule has 2 aromatic rings. The number of nitrogens with two attached hydrogens (primary N) is 1. The van der Waals surface area contributed by atoms with Crippen LogP contribution in [-0.2, 0) is 11.3 Å². The highest BCUT2D eigenvalue weighted by Crippen LogP contribution is 2.42. The molecule has 10 heteroatoms. The lowest BCUT2D eigenvalue weighted by Gasteiger charge is -2.39. The second kappa shape index (κ2) is 9.60. The highest BCUT2D eigenvalue weighted by Gasteiger charge is 2.39. The minimum absolute atomic E-state index is 0.147. The zero-order valence-electron chi connectivity index (χ0n) is 18.7. The molecule has 178 valence electrons. The van der Waals surface area contributed by atoms with Gasteiger partial charge in [-0.15, -0.1) is 0 Å². The van der Waals surface area contributed by atoms with E-state index in [0.29, 0.717) is 22.4 Å². The standard InChI is InChI=1S/C23H31FN6O2S/c24-13-16-3-2-9-30(16)21-18(4-1-8-26-21)33-22-19(25)28-20(17(14-31)27-22)29-10-5-23(6-11-29)7-12-32-15-23/h1,4,8,16,31H,2-3,5-7,9-15H2,(H2,25,28). The summed E-state index contributed by atoms with van der Waals surface area (Å²) in [6.07, 6.45) is 6.70. The number of piperidine rings is 1. The van der Waals surface area contributed by atoms with Gasteiger partial charge >= 0.3 is 0 Å². The average Bonchev–Trinajstić information content (AvgIpc) is 3.51. The van der Waals surface area contributed by atoms with E-state index in [-0.39, 0.29) is 18.1 Å². The molecule has 0 radical (unpaired) electrons. The Kier molecular flexibility index (Phi) is 6.58. The number of nitrogens with zero attached hydrogens (tertiary/aromatic N) is 5. The molecule has 0 aromatic carbocycles. The van der Waals surface area contributed by atoms with Gasteiger partial charge in [-0.25, -0.2) is 19.3 Å². The Bertz CT molecular complexity index is 979. The van der Waals surface area contributed by atoms with E-state index in [9.17, 15) is 9.50 Å². The Hall–Kier alpha value is -2.17. The van der Waals surface area contributed by atoms with Gasteiger partial charge in [0.25, 0.3) is 0 Å². The predicted molar refractivity (Wildman–Crippen MR) is 126 cm³/mol. The summed E-state index contributed by atoms with van der Waals surface area (Å²) in [5.41, 5.74) is 7.17. The molecule has 3 aliphatic heterocycles. The molecule has 1 spiro atoms. The predicted octanol–water partition coefficient (Wildman–Crippen LogP) is 3.04. The molecule has 0 aliphatic carbocycles. The molecule has 33 heavy (non-hydrogen) atoms. The first kappa shape index (κ1) is 22.6. The Morgan fingerprint density at radius 2 is 2.06 bits per heavy atom. The minimum Gasteiger partial charge on any atom is -0.390 e. The fourth-order valence-electron chi connectivity index (χ4n) is 5.18. The maximum Gasteiger partial charge on any atom is 0.158 e. The van der Waals surface area contributed by atoms with Crippen molar-refractivity contribution in [1.82, 2.24) is 15.0 Å². The second-order valence-corrected chi connectivity index (χ2v) is 10.2. The van der Waals surface area contributed by atoms with Crippen molar-refractivity contribution in [1.29, 1.82) is 0 Å². The van der Waals surface area contributed by atoms with Crippen molar-refractivity contribution in [2.75, 3.05) is 55.1 Å². The highest BCUT2D eigenvalue weighted by molar-refractivity contribution is 7.99. The summed E-state index contributed by atoms with van der Waals surface area (Å²) in [6.45, 7) is 3.56. The van der Waals surface area contributed by atoms with Crippen LogP contribution in [0.3, 0.4) is 0 Å². The number of nitrogen functional groups attached to an aromatic ring is 1. The molecule has 3 fully saturated rings. The number of pyridine rings is 1. The van der Waals surface area contributed by atoms with Crippen molar-refractivity contribution in [3.8, 4) is 0 Å². The van der Waals surface area contributed by atoms with E-state index in [1.807, 2.05) is 17.0 Å². The van der Waals surface area contributed by atoms with Gasteiger partial charge in [-0.3, -0.25) is 0 Å². The number of ether oxygens (including phenoxy) is 1. The van der Waals surface area contributed by atoms with E-state index in [4.69, 9.17) is 15.5 Å². The molecule has 3 aliphatic rings. The number of aromatic nitrogens is 3. The number of aliphatic hydroxyl groups excluding tert-OH is 1. The van der Waals surface area contributed by atoms with Gasteiger partial charge in [-0.2, -0.15) is 0 Å². The summed E-state index contributed by atoms with van der Waals surface area (Å²) in [7, 11) is 0. The van der Waals surface area contributed by atoms with Crippen molar-refractivity contribution in [3.05, 3.63) is 24.0 Å². The van der Waals surface area contributed by atoms with E-state index in [1.54, 1.807) is 6.20 Å². The third kappa shape index (κ3) is 4.48. The molecule has 5 heterocycles. The molecule has 3 N–H and O–H groups in total. The fourth-order valence-corrected chi connectivity index (χ4v) is 6.11. The zero-order valence-corrected chi connectivity index (χ0v) is 19.6. The third-order valence-electron chi connectivity index (χ3n) is 7.18. The van der Waals surface area contributed by atoms with Crippen molar-refractivity contribution < 1.29 is 14.2 Å². The Morgan fingerprint density at radius 3 is 2.79 bits per heavy atom. The lowest BCUT2D eigenvalue weighted by molar-refractivity contribution is 0.133. The molecule has 2 aromatic heterocycles. The normalized spacial score (nSPS) is 22.4. The second-order valence-electron chi connectivity index (χ2n) is 9.20. The summed E-state index contributed by atoms with van der Waals surface area (Å²) in [5.74, 6) is 1.74. The Labute approximate surface area is 197 Å². The lowest BCUT2D eigenvalue weighted by atomic mass is 9.78. The maximum atomic E-state index is 13.5. The Balaban J connectivity index is 1.38. The van der Waals surface area contributed by atoms with E-state index in [1.165, 1.54) is 11.8 Å². The van der Waals surface area contributed by atoms with Gasteiger partial charge in [0, 0.05) is 32.4 Å². The number of alkyl halides is 1. The van der Waals surface area contributed by atoms with Crippen molar-refractivity contribution in [2.45, 2.75) is 54.7 Å². The topological polar surface area (TPSA) is 101 Å². The molecule has 8 nitrogen and oxygen atoms in total. The summed E-state index contributed by atoms with van der Waals surface area (Å²) in [6, 6.07) is 3.65. The molecule has 3 saturated heterocycles. The van der Waals surface area contributed by atoms with Crippen LogP contribution < -0.4 is 15.5 Å². The fraction of sp³-hybridized carbons (Fsp3) is 0.609. The van der Waals surface area contributed by atoms with E-state index in [2.05, 4.69) is 14.9 Å². The number of hydrogen-bond acceptors (Lipinski definition) is 9. The molecular formula is C23H31FN6O2S. The number of halogens is 1. The third-order valence-corrected chi connectivity index (χ3v) is 8.22. The number of aliphatic hydroxyl groups is 1. The van der Waals surface area contributed by atoms with Crippen LogP contribution in [0.5, 0.6) is 0 Å². The van der Waals surface area contributed by atoms with E-state index in [0.717, 1.165) is 75.7 Å². The van der Waals surface area contributed by atoms with Crippen molar-refractivity contribution in [2.24, 2.45) is 5.41 Å². The zero-order chi connectivity index (χ0) is 22.8. The quantitative estimate of drug-likeness (QED) is 0.654. The van der Waals surface area contributed by atoms with Crippen LogP contribution in [-0.4, -0.2) is 65.6 Å². The van der Waals surface area contributed by atoms with Gasteiger partial charge in [0.1, 0.15) is 23.2 Å². The lowest BCUT2D eigenvalue weighted by Crippen LogP contribution is -2.41. The average molecular weight is 475 g/mol. The maximum absolute atomic E-state index is 13.5. The minimum atomic E-state index is -0.394. The first-order valence-corrected chi connectivity index (χ1v) is 12.5. The van der Waals surface area contributed by atoms with Crippen LogP contribution in [0, 0.1) is 5.41 Å².